The first-order valence-electron chi connectivity index (χ1n) is 11.1. The maximum Gasteiger partial charge on any atom is 0.311 e. The van der Waals surface area contributed by atoms with Crippen LogP contribution in [-0.4, -0.2) is 11.1 Å². The van der Waals surface area contributed by atoms with E-state index < -0.39 is 11.9 Å². The van der Waals surface area contributed by atoms with Gasteiger partial charge in [0.2, 0.25) is 0 Å². The summed E-state index contributed by atoms with van der Waals surface area (Å²) >= 11 is 6.08. The second-order valence-electron chi connectivity index (χ2n) is 8.37. The Morgan fingerprint density at radius 3 is 1.67 bits per heavy atom. The topological polar surface area (TPSA) is 37.3 Å². The monoisotopic (exact) mass is 450 g/mol. The molecule has 0 bridgehead atoms. The summed E-state index contributed by atoms with van der Waals surface area (Å²) in [6.07, 6.45) is 0.443. The van der Waals surface area contributed by atoms with Crippen LogP contribution in [0.1, 0.15) is 34.9 Å². The summed E-state index contributed by atoms with van der Waals surface area (Å²) in [5, 5.41) is 15.4. The number of hydrogen-bond donors (Lipinski definition) is 1. The molecule has 0 radical (unpaired) electrons. The number of rotatable bonds is 6. The lowest BCUT2D eigenvalue weighted by molar-refractivity contribution is -0.139. The third-order valence-corrected chi connectivity index (χ3v) is 6.69. The van der Waals surface area contributed by atoms with Gasteiger partial charge < -0.3 is 5.11 Å². The molecule has 0 heterocycles. The molecule has 1 atom stereocenters. The van der Waals surface area contributed by atoms with Gasteiger partial charge in [-0.2, -0.15) is 0 Å². The predicted molar refractivity (Wildman–Crippen MR) is 136 cm³/mol. The quantitative estimate of drug-likeness (QED) is 0.284. The fourth-order valence-electron chi connectivity index (χ4n) is 4.84. The third-order valence-electron chi connectivity index (χ3n) is 6.44. The molecule has 5 aromatic rings. The average Bonchev–Trinajstić information content (AvgIpc) is 2.85. The standard InChI is InChI=1S/C30H23ClO2/c31-23-17-15-22(16-18-23)28(30(32)33)19-29(26-13-5-9-20-7-1-3-11-24(20)26)27-14-6-10-21-8-2-4-12-25(21)27/h1-18,28-29H,19H2,(H,32,33)/t28-/m1/s1. The minimum Gasteiger partial charge on any atom is -0.481 e. The van der Waals surface area contributed by atoms with E-state index in [2.05, 4.69) is 60.7 Å². The van der Waals surface area contributed by atoms with Gasteiger partial charge in [0.25, 0.3) is 0 Å². The molecule has 0 aliphatic carbocycles. The Hall–Kier alpha value is -3.62. The summed E-state index contributed by atoms with van der Waals surface area (Å²) in [6.45, 7) is 0. The van der Waals surface area contributed by atoms with Crippen LogP contribution in [0.15, 0.2) is 109 Å². The Morgan fingerprint density at radius 1 is 0.667 bits per heavy atom. The van der Waals surface area contributed by atoms with E-state index in [9.17, 15) is 9.90 Å². The molecular formula is C30H23ClO2. The van der Waals surface area contributed by atoms with Crippen LogP contribution in [-0.2, 0) is 4.79 Å². The molecular weight excluding hydrogens is 428 g/mol. The summed E-state index contributed by atoms with van der Waals surface area (Å²) in [5.74, 6) is -1.59. The first-order valence-corrected chi connectivity index (χ1v) is 11.4. The van der Waals surface area contributed by atoms with Gasteiger partial charge in [-0.25, -0.2) is 0 Å². The Kier molecular flexibility index (Phi) is 5.85. The van der Waals surface area contributed by atoms with Gasteiger partial charge in [-0.05, 0) is 56.8 Å². The summed E-state index contributed by atoms with van der Waals surface area (Å²) < 4.78 is 0. The number of fused-ring (bicyclic) bond motifs is 2. The second kappa shape index (κ2) is 9.09. The van der Waals surface area contributed by atoms with Crippen molar-refractivity contribution in [1.82, 2.24) is 0 Å². The van der Waals surface area contributed by atoms with Gasteiger partial charge in [-0.15, -0.1) is 0 Å². The van der Waals surface area contributed by atoms with Gasteiger partial charge in [0.1, 0.15) is 0 Å². The molecule has 1 N–H and O–H groups in total. The summed E-state index contributed by atoms with van der Waals surface area (Å²) in [7, 11) is 0. The lowest BCUT2D eigenvalue weighted by Gasteiger charge is -2.25. The van der Waals surface area contributed by atoms with Gasteiger partial charge in [0.05, 0.1) is 5.92 Å². The van der Waals surface area contributed by atoms with Crippen molar-refractivity contribution in [2.45, 2.75) is 18.3 Å². The molecule has 0 saturated heterocycles. The smallest absolute Gasteiger partial charge is 0.311 e. The van der Waals surface area contributed by atoms with Crippen molar-refractivity contribution in [1.29, 1.82) is 0 Å². The van der Waals surface area contributed by atoms with Crippen molar-refractivity contribution in [2.24, 2.45) is 0 Å². The van der Waals surface area contributed by atoms with Gasteiger partial charge in [0.15, 0.2) is 0 Å². The molecule has 2 nitrogen and oxygen atoms in total. The second-order valence-corrected chi connectivity index (χ2v) is 8.80. The highest BCUT2D eigenvalue weighted by atomic mass is 35.5. The zero-order chi connectivity index (χ0) is 22.8. The Balaban J connectivity index is 1.72. The molecule has 5 aromatic carbocycles. The lowest BCUT2D eigenvalue weighted by Crippen LogP contribution is -2.16. The van der Waals surface area contributed by atoms with E-state index in [1.165, 1.54) is 0 Å². The average molecular weight is 451 g/mol. The van der Waals surface area contributed by atoms with Crippen molar-refractivity contribution < 1.29 is 9.90 Å². The Bertz CT molecular complexity index is 1350. The fraction of sp³-hybridized carbons (Fsp3) is 0.100. The van der Waals surface area contributed by atoms with Crippen LogP contribution < -0.4 is 0 Å². The van der Waals surface area contributed by atoms with Crippen LogP contribution in [0.3, 0.4) is 0 Å². The number of carbonyl (C=O) groups is 1. The largest absolute Gasteiger partial charge is 0.481 e. The Morgan fingerprint density at radius 2 is 1.15 bits per heavy atom. The molecule has 0 spiro atoms. The van der Waals surface area contributed by atoms with Crippen LogP contribution in [0.5, 0.6) is 0 Å². The predicted octanol–water partition coefficient (Wildman–Crippen LogP) is 8.04. The van der Waals surface area contributed by atoms with Crippen LogP contribution in [0, 0.1) is 0 Å². The highest BCUT2D eigenvalue weighted by Gasteiger charge is 2.28. The number of aliphatic carboxylic acids is 1. The van der Waals surface area contributed by atoms with Crippen molar-refractivity contribution in [3.63, 3.8) is 0 Å². The third kappa shape index (κ3) is 4.22. The number of carboxylic acid groups (broad SMARTS) is 1. The minimum absolute atomic E-state index is 0.0982. The van der Waals surface area contributed by atoms with E-state index in [0.29, 0.717) is 11.4 Å². The zero-order valence-corrected chi connectivity index (χ0v) is 18.7. The molecule has 0 aliphatic heterocycles. The highest BCUT2D eigenvalue weighted by Crippen LogP contribution is 2.41. The van der Waals surface area contributed by atoms with Crippen LogP contribution in [0.25, 0.3) is 21.5 Å². The first kappa shape index (κ1) is 21.2. The maximum atomic E-state index is 12.5. The molecule has 0 saturated carbocycles. The number of halogens is 1. The summed E-state index contributed by atoms with van der Waals surface area (Å²) in [5.41, 5.74) is 3.05. The molecule has 0 aromatic heterocycles. The van der Waals surface area contributed by atoms with Crippen LogP contribution in [0.4, 0.5) is 0 Å². The summed E-state index contributed by atoms with van der Waals surface area (Å²) in [4.78, 5) is 12.5. The van der Waals surface area contributed by atoms with Crippen molar-refractivity contribution >= 4 is 39.1 Å². The maximum absolute atomic E-state index is 12.5. The van der Waals surface area contributed by atoms with Gasteiger partial charge in [-0.1, -0.05) is 109 Å². The number of carboxylic acids is 1. The van der Waals surface area contributed by atoms with E-state index >= 15 is 0 Å². The molecule has 0 amide bonds. The number of hydrogen-bond acceptors (Lipinski definition) is 1. The van der Waals surface area contributed by atoms with Crippen LogP contribution >= 0.6 is 11.6 Å². The Labute approximate surface area is 198 Å². The van der Waals surface area contributed by atoms with E-state index in [-0.39, 0.29) is 5.92 Å². The molecule has 0 fully saturated rings. The fourth-order valence-corrected chi connectivity index (χ4v) is 4.97. The minimum atomic E-state index is -0.831. The van der Waals surface area contributed by atoms with E-state index in [1.807, 2.05) is 36.4 Å². The van der Waals surface area contributed by atoms with Gasteiger partial charge >= 0.3 is 5.97 Å². The van der Waals surface area contributed by atoms with Crippen molar-refractivity contribution in [2.75, 3.05) is 0 Å². The normalized spacial score (nSPS) is 12.3. The highest BCUT2D eigenvalue weighted by molar-refractivity contribution is 6.30. The van der Waals surface area contributed by atoms with Gasteiger partial charge in [0, 0.05) is 10.9 Å². The molecule has 3 heteroatoms. The van der Waals surface area contributed by atoms with Crippen LogP contribution in [0.2, 0.25) is 5.02 Å². The molecule has 0 unspecified atom stereocenters. The van der Waals surface area contributed by atoms with Gasteiger partial charge in [-0.3, -0.25) is 4.79 Å². The summed E-state index contributed by atoms with van der Waals surface area (Å²) in [6, 6.07) is 36.4. The van der Waals surface area contributed by atoms with Crippen molar-refractivity contribution in [3.05, 3.63) is 131 Å². The first-order chi connectivity index (χ1) is 16.1. The van der Waals surface area contributed by atoms with Crippen molar-refractivity contribution in [3.8, 4) is 0 Å². The molecule has 0 aliphatic rings. The number of benzene rings is 5. The van der Waals surface area contributed by atoms with E-state index in [1.54, 1.807) is 12.1 Å². The zero-order valence-electron chi connectivity index (χ0n) is 18.0. The molecule has 33 heavy (non-hydrogen) atoms. The SMILES string of the molecule is O=C(O)[C@H](CC(c1cccc2ccccc12)c1cccc2ccccc12)c1ccc(Cl)cc1. The molecule has 5 rings (SSSR count). The van der Waals surface area contributed by atoms with E-state index in [0.717, 1.165) is 38.2 Å². The van der Waals surface area contributed by atoms with E-state index in [4.69, 9.17) is 11.6 Å². The lowest BCUT2D eigenvalue weighted by atomic mass is 9.78. The molecule has 162 valence electrons.